The lowest BCUT2D eigenvalue weighted by molar-refractivity contribution is 0.915. The molecule has 0 N–H and O–H groups in total. The highest BCUT2D eigenvalue weighted by Gasteiger charge is 2.06. The Morgan fingerprint density at radius 1 is 1.00 bits per heavy atom. The fraction of sp³-hybridized carbons (Fsp3) is 0.385. The Bertz CT molecular complexity index is 458. The Balaban J connectivity index is 0.000000606. The average Bonchev–Trinajstić information content (AvgIpc) is 2.61. The summed E-state index contributed by atoms with van der Waals surface area (Å²) in [5.74, 6) is 0.922. The maximum Gasteiger partial charge on any atom is 0.158 e. The number of aryl methyl sites for hydroxylation is 3. The fourth-order valence-electron chi connectivity index (χ4n) is 1.52. The molecule has 3 heteroatoms. The van der Waals surface area contributed by atoms with Crippen LogP contribution in [0.2, 0.25) is 0 Å². The van der Waals surface area contributed by atoms with E-state index in [1.807, 2.05) is 63.7 Å². The predicted molar refractivity (Wildman–Crippen MR) is 67.3 cm³/mol. The van der Waals surface area contributed by atoms with Crippen LogP contribution in [0.25, 0.3) is 11.5 Å². The molecular formula is C13H19N3. The van der Waals surface area contributed by atoms with Gasteiger partial charge in [0.2, 0.25) is 0 Å². The fourth-order valence-corrected chi connectivity index (χ4v) is 1.52. The number of hydrogen-bond donors (Lipinski definition) is 0. The Labute approximate surface area is 97.2 Å². The number of pyridine rings is 1. The van der Waals surface area contributed by atoms with Crippen molar-refractivity contribution in [2.24, 2.45) is 7.05 Å². The third kappa shape index (κ3) is 2.69. The van der Waals surface area contributed by atoms with E-state index in [0.29, 0.717) is 0 Å². The molecule has 0 saturated heterocycles. The molecule has 0 radical (unpaired) electrons. The Morgan fingerprint density at radius 3 is 2.19 bits per heavy atom. The van der Waals surface area contributed by atoms with Gasteiger partial charge in [-0.05, 0) is 26.0 Å². The molecule has 2 aromatic heterocycles. The van der Waals surface area contributed by atoms with Gasteiger partial charge < -0.3 is 4.57 Å². The first-order valence-electron chi connectivity index (χ1n) is 5.61. The van der Waals surface area contributed by atoms with E-state index in [-0.39, 0.29) is 0 Å². The number of nitrogens with zero attached hydrogens (tertiary/aromatic N) is 3. The van der Waals surface area contributed by atoms with E-state index < -0.39 is 0 Å². The summed E-state index contributed by atoms with van der Waals surface area (Å²) >= 11 is 0. The first-order valence-corrected chi connectivity index (χ1v) is 5.61. The van der Waals surface area contributed by atoms with Crippen LogP contribution in [-0.4, -0.2) is 14.5 Å². The van der Waals surface area contributed by atoms with Crippen molar-refractivity contribution in [2.45, 2.75) is 27.7 Å². The van der Waals surface area contributed by atoms with Crippen LogP contribution in [0.5, 0.6) is 0 Å². The van der Waals surface area contributed by atoms with Crippen molar-refractivity contribution in [1.82, 2.24) is 14.5 Å². The van der Waals surface area contributed by atoms with E-state index >= 15 is 0 Å². The predicted octanol–water partition coefficient (Wildman–Crippen LogP) is 3.13. The number of imidazole rings is 1. The molecule has 0 aromatic carbocycles. The summed E-state index contributed by atoms with van der Waals surface area (Å²) in [6.07, 6.45) is 2.00. The molecule has 0 saturated carbocycles. The molecule has 0 aliphatic rings. The Kier molecular flexibility index (Phi) is 4.23. The van der Waals surface area contributed by atoms with E-state index in [1.165, 1.54) is 0 Å². The molecule has 0 atom stereocenters. The largest absolute Gasteiger partial charge is 0.332 e. The van der Waals surface area contributed by atoms with Crippen LogP contribution in [0.1, 0.15) is 25.2 Å². The van der Waals surface area contributed by atoms with Crippen LogP contribution in [0, 0.1) is 13.8 Å². The SMILES string of the molecule is CC.Cc1cccc(-c2nc(C)cn2C)n1. The Morgan fingerprint density at radius 2 is 1.69 bits per heavy atom. The van der Waals surface area contributed by atoms with Crippen molar-refractivity contribution in [3.05, 3.63) is 35.8 Å². The van der Waals surface area contributed by atoms with Crippen LogP contribution in [-0.2, 0) is 7.05 Å². The van der Waals surface area contributed by atoms with Crippen molar-refractivity contribution in [1.29, 1.82) is 0 Å². The molecule has 3 nitrogen and oxygen atoms in total. The van der Waals surface area contributed by atoms with E-state index in [9.17, 15) is 0 Å². The molecule has 2 aromatic rings. The summed E-state index contributed by atoms with van der Waals surface area (Å²) in [5, 5.41) is 0. The second kappa shape index (κ2) is 5.45. The van der Waals surface area contributed by atoms with Crippen molar-refractivity contribution in [2.75, 3.05) is 0 Å². The summed E-state index contributed by atoms with van der Waals surface area (Å²) in [6.45, 7) is 7.97. The van der Waals surface area contributed by atoms with Crippen LogP contribution in [0.3, 0.4) is 0 Å². The minimum Gasteiger partial charge on any atom is -0.332 e. The second-order valence-corrected chi connectivity index (χ2v) is 3.48. The molecule has 0 aliphatic heterocycles. The standard InChI is InChI=1S/C11H13N3.C2H6/c1-8-5-4-6-10(12-8)11-13-9(2)7-14(11)3;1-2/h4-7H,1-3H3;1-2H3. The zero-order valence-electron chi connectivity index (χ0n) is 10.7. The summed E-state index contributed by atoms with van der Waals surface area (Å²) in [4.78, 5) is 8.86. The van der Waals surface area contributed by atoms with Gasteiger partial charge in [-0.2, -0.15) is 0 Å². The molecule has 0 fully saturated rings. The first-order chi connectivity index (χ1) is 7.66. The number of rotatable bonds is 1. The number of aromatic nitrogens is 3. The average molecular weight is 217 g/mol. The first kappa shape index (κ1) is 12.4. The third-order valence-corrected chi connectivity index (χ3v) is 2.11. The molecule has 0 bridgehead atoms. The lowest BCUT2D eigenvalue weighted by atomic mass is 10.3. The molecule has 2 heterocycles. The molecule has 86 valence electrons. The van der Waals surface area contributed by atoms with Crippen molar-refractivity contribution < 1.29 is 0 Å². The molecule has 0 spiro atoms. The van der Waals surface area contributed by atoms with E-state index in [4.69, 9.17) is 0 Å². The van der Waals surface area contributed by atoms with Crippen molar-refractivity contribution >= 4 is 0 Å². The highest BCUT2D eigenvalue weighted by molar-refractivity contribution is 5.50. The summed E-state index contributed by atoms with van der Waals surface area (Å²) in [5.41, 5.74) is 2.97. The zero-order valence-corrected chi connectivity index (χ0v) is 10.7. The minimum absolute atomic E-state index is 0.922. The Hall–Kier alpha value is -1.64. The normalized spacial score (nSPS) is 9.56. The van der Waals surface area contributed by atoms with Crippen LogP contribution in [0.15, 0.2) is 24.4 Å². The van der Waals surface area contributed by atoms with Gasteiger partial charge in [0.05, 0.1) is 5.69 Å². The van der Waals surface area contributed by atoms with E-state index in [2.05, 4.69) is 9.97 Å². The van der Waals surface area contributed by atoms with E-state index in [1.54, 1.807) is 0 Å². The summed E-state index contributed by atoms with van der Waals surface area (Å²) in [6, 6.07) is 5.97. The van der Waals surface area contributed by atoms with Gasteiger partial charge in [-0.15, -0.1) is 0 Å². The van der Waals surface area contributed by atoms with Gasteiger partial charge in [-0.1, -0.05) is 19.9 Å². The second-order valence-electron chi connectivity index (χ2n) is 3.48. The van der Waals surface area contributed by atoms with Gasteiger partial charge in [0.25, 0.3) is 0 Å². The molecule has 16 heavy (non-hydrogen) atoms. The molecule has 2 rings (SSSR count). The van der Waals surface area contributed by atoms with Crippen molar-refractivity contribution in [3.8, 4) is 11.5 Å². The van der Waals surface area contributed by atoms with Gasteiger partial charge in [0, 0.05) is 18.9 Å². The lowest BCUT2D eigenvalue weighted by Crippen LogP contribution is -1.94. The lowest BCUT2D eigenvalue weighted by Gasteiger charge is -2.00. The van der Waals surface area contributed by atoms with Gasteiger partial charge in [0.1, 0.15) is 5.69 Å². The summed E-state index contributed by atoms with van der Waals surface area (Å²) in [7, 11) is 1.99. The number of hydrogen-bond acceptors (Lipinski definition) is 2. The van der Waals surface area contributed by atoms with Crippen molar-refractivity contribution in [3.63, 3.8) is 0 Å². The van der Waals surface area contributed by atoms with Gasteiger partial charge in [-0.25, -0.2) is 9.97 Å². The van der Waals surface area contributed by atoms with Crippen LogP contribution in [0.4, 0.5) is 0 Å². The monoisotopic (exact) mass is 217 g/mol. The zero-order chi connectivity index (χ0) is 12.1. The highest BCUT2D eigenvalue weighted by Crippen LogP contribution is 2.15. The quantitative estimate of drug-likeness (QED) is 0.734. The maximum atomic E-state index is 4.43. The molecule has 0 amide bonds. The molecule has 0 unspecified atom stereocenters. The van der Waals surface area contributed by atoms with Gasteiger partial charge >= 0.3 is 0 Å². The maximum absolute atomic E-state index is 4.43. The van der Waals surface area contributed by atoms with Gasteiger partial charge in [-0.3, -0.25) is 0 Å². The topological polar surface area (TPSA) is 30.7 Å². The smallest absolute Gasteiger partial charge is 0.158 e. The van der Waals surface area contributed by atoms with Crippen LogP contribution < -0.4 is 0 Å². The van der Waals surface area contributed by atoms with Crippen LogP contribution >= 0.6 is 0 Å². The summed E-state index contributed by atoms with van der Waals surface area (Å²) < 4.78 is 2.00. The van der Waals surface area contributed by atoms with E-state index in [0.717, 1.165) is 22.9 Å². The highest BCUT2D eigenvalue weighted by atomic mass is 15.1. The van der Waals surface area contributed by atoms with Gasteiger partial charge in [0.15, 0.2) is 5.82 Å². The molecule has 0 aliphatic carbocycles. The minimum atomic E-state index is 0.922. The third-order valence-electron chi connectivity index (χ3n) is 2.11. The molecular weight excluding hydrogens is 198 g/mol.